The topological polar surface area (TPSA) is 39.6 Å². The van der Waals surface area contributed by atoms with Gasteiger partial charge in [-0.2, -0.15) is 0 Å². The third-order valence-electron chi connectivity index (χ3n) is 4.77. The Kier molecular flexibility index (Phi) is 4.91. The number of rotatable bonds is 5. The number of hydrogen-bond acceptors (Lipinski definition) is 2. The molecule has 0 amide bonds. The summed E-state index contributed by atoms with van der Waals surface area (Å²) in [6.45, 7) is 10.1. The molecule has 2 aromatic rings. The lowest BCUT2D eigenvalue weighted by Gasteiger charge is -2.37. The first-order valence-electron chi connectivity index (χ1n) is 8.60. The zero-order valence-corrected chi connectivity index (χ0v) is 16.1. The molecule has 1 saturated heterocycles. The molecule has 0 bridgehead atoms. The standard InChI is InChI=1S/C20H26N3OP/c1-5-17(3)25(21)22(18-8-6-16(2)7-9-18)14-15-23(25)19-10-12-20(24-4)13-11-19/h6-13,21H,3,5,14-15H2,1-2,4H3. The molecular weight excluding hydrogens is 329 g/mol. The van der Waals surface area contributed by atoms with E-state index in [1.54, 1.807) is 7.11 Å². The molecule has 0 saturated carbocycles. The fraction of sp³-hybridized carbons (Fsp3) is 0.300. The summed E-state index contributed by atoms with van der Waals surface area (Å²) in [6, 6.07) is 16.5. The zero-order valence-electron chi connectivity index (χ0n) is 15.2. The molecule has 4 nitrogen and oxygen atoms in total. The van der Waals surface area contributed by atoms with Crippen molar-refractivity contribution in [3.8, 4) is 5.75 Å². The van der Waals surface area contributed by atoms with Crippen molar-refractivity contribution in [2.24, 2.45) is 0 Å². The van der Waals surface area contributed by atoms with Crippen LogP contribution in [0.3, 0.4) is 0 Å². The van der Waals surface area contributed by atoms with E-state index in [9.17, 15) is 5.16 Å². The normalized spacial score (nSPS) is 20.0. The van der Waals surface area contributed by atoms with E-state index in [1.807, 2.05) is 24.3 Å². The van der Waals surface area contributed by atoms with Gasteiger partial charge in [0.1, 0.15) is 5.75 Å². The molecule has 3 rings (SSSR count). The minimum absolute atomic E-state index is 0.812. The first-order valence-corrected chi connectivity index (χ1v) is 10.3. The van der Waals surface area contributed by atoms with Crippen LogP contribution in [0.4, 0.5) is 11.4 Å². The molecule has 25 heavy (non-hydrogen) atoms. The van der Waals surface area contributed by atoms with Crippen LogP contribution in [0.25, 0.3) is 0 Å². The number of hydrogen-bond donors (Lipinski definition) is 1. The molecular formula is C20H26N3OP. The van der Waals surface area contributed by atoms with Gasteiger partial charge in [-0.05, 0) is 49.7 Å². The van der Waals surface area contributed by atoms with Gasteiger partial charge >= 0.3 is 0 Å². The van der Waals surface area contributed by atoms with Crippen LogP contribution >= 0.6 is 7.36 Å². The van der Waals surface area contributed by atoms with Crippen LogP contribution < -0.4 is 14.1 Å². The highest BCUT2D eigenvalue weighted by Crippen LogP contribution is 2.66. The minimum atomic E-state index is -2.43. The summed E-state index contributed by atoms with van der Waals surface area (Å²) in [5.41, 5.74) is 3.41. The Hall–Kier alpha value is -2.19. The smallest absolute Gasteiger partial charge is 0.168 e. The van der Waals surface area contributed by atoms with Crippen LogP contribution in [0.5, 0.6) is 5.75 Å². The van der Waals surface area contributed by atoms with Crippen molar-refractivity contribution in [2.45, 2.75) is 20.3 Å². The highest BCUT2D eigenvalue weighted by atomic mass is 31.2. The number of benzene rings is 2. The van der Waals surface area contributed by atoms with Crippen molar-refractivity contribution in [3.05, 3.63) is 66.0 Å². The molecule has 0 aromatic heterocycles. The van der Waals surface area contributed by atoms with E-state index in [0.717, 1.165) is 41.9 Å². The molecule has 1 fully saturated rings. The average molecular weight is 355 g/mol. The van der Waals surface area contributed by atoms with E-state index >= 15 is 0 Å². The summed E-state index contributed by atoms with van der Waals surface area (Å²) in [7, 11) is -0.761. The second-order valence-electron chi connectivity index (χ2n) is 6.30. The quantitative estimate of drug-likeness (QED) is 0.682. The Bertz CT molecular complexity index is 799. The van der Waals surface area contributed by atoms with Gasteiger partial charge in [0, 0.05) is 29.8 Å². The van der Waals surface area contributed by atoms with E-state index in [2.05, 4.69) is 54.0 Å². The first kappa shape index (κ1) is 17.6. The first-order chi connectivity index (χ1) is 12.0. The third kappa shape index (κ3) is 3.07. The molecule has 5 heteroatoms. The molecule has 0 spiro atoms. The summed E-state index contributed by atoms with van der Waals surface area (Å²) in [6.07, 6.45) is 0.812. The van der Waals surface area contributed by atoms with Gasteiger partial charge in [-0.3, -0.25) is 5.16 Å². The van der Waals surface area contributed by atoms with Crippen molar-refractivity contribution < 1.29 is 4.74 Å². The molecule has 132 valence electrons. The van der Waals surface area contributed by atoms with Crippen LogP contribution in [-0.2, 0) is 0 Å². The molecule has 1 unspecified atom stereocenters. The van der Waals surface area contributed by atoms with Gasteiger partial charge in [-0.15, -0.1) is 0 Å². The van der Waals surface area contributed by atoms with Crippen molar-refractivity contribution in [1.29, 1.82) is 5.16 Å². The van der Waals surface area contributed by atoms with Crippen LogP contribution in [-0.4, -0.2) is 20.2 Å². The summed E-state index contributed by atoms with van der Waals surface area (Å²) >= 11 is 0. The summed E-state index contributed by atoms with van der Waals surface area (Å²) in [4.78, 5) is 0. The Labute approximate surface area is 150 Å². The highest BCUT2D eigenvalue weighted by Gasteiger charge is 2.40. The van der Waals surface area contributed by atoms with Gasteiger partial charge in [0.2, 0.25) is 0 Å². The van der Waals surface area contributed by atoms with Crippen molar-refractivity contribution in [3.63, 3.8) is 0 Å². The number of nitrogens with one attached hydrogen (secondary N) is 1. The predicted octanol–water partition coefficient (Wildman–Crippen LogP) is 5.86. The molecule has 1 N–H and O–H groups in total. The predicted molar refractivity (Wildman–Crippen MR) is 108 cm³/mol. The molecule has 1 aliphatic heterocycles. The SMILES string of the molecule is C=C(CC)P1(=N)N(c2ccc(C)cc2)CCN1c1ccc(OC)cc1. The fourth-order valence-electron chi connectivity index (χ4n) is 3.23. The number of nitrogens with zero attached hydrogens (tertiary/aromatic N) is 2. The van der Waals surface area contributed by atoms with Crippen molar-refractivity contribution in [2.75, 3.05) is 29.5 Å². The lowest BCUT2D eigenvalue weighted by molar-refractivity contribution is 0.415. The molecule has 2 aromatic carbocycles. The van der Waals surface area contributed by atoms with Gasteiger partial charge in [-0.1, -0.05) is 31.2 Å². The maximum atomic E-state index is 9.46. The van der Waals surface area contributed by atoms with E-state index < -0.39 is 7.36 Å². The molecule has 0 radical (unpaired) electrons. The van der Waals surface area contributed by atoms with Crippen LogP contribution in [0.1, 0.15) is 18.9 Å². The number of anilines is 2. The molecule has 1 atom stereocenters. The Morgan fingerprint density at radius 1 is 1.04 bits per heavy atom. The van der Waals surface area contributed by atoms with E-state index in [-0.39, 0.29) is 0 Å². The summed E-state index contributed by atoms with van der Waals surface area (Å²) < 4.78 is 9.76. The van der Waals surface area contributed by atoms with Gasteiger partial charge in [0.05, 0.1) is 7.11 Å². The summed E-state index contributed by atoms with van der Waals surface area (Å²) in [5, 5.41) is 10.5. The second kappa shape index (κ2) is 6.97. The summed E-state index contributed by atoms with van der Waals surface area (Å²) in [5.74, 6) is 0.835. The maximum absolute atomic E-state index is 9.46. The molecule has 1 aliphatic rings. The largest absolute Gasteiger partial charge is 0.497 e. The Morgan fingerprint density at radius 3 is 1.96 bits per heavy atom. The number of ether oxygens (including phenoxy) is 1. The monoisotopic (exact) mass is 355 g/mol. The zero-order chi connectivity index (χ0) is 18.0. The van der Waals surface area contributed by atoms with Gasteiger partial charge in [0.15, 0.2) is 7.36 Å². The molecule has 1 heterocycles. The Balaban J connectivity index is 2.03. The van der Waals surface area contributed by atoms with Gasteiger partial charge in [-0.25, -0.2) is 0 Å². The molecule has 0 aliphatic carbocycles. The van der Waals surface area contributed by atoms with Crippen LogP contribution in [0.2, 0.25) is 0 Å². The Morgan fingerprint density at radius 2 is 1.52 bits per heavy atom. The highest BCUT2D eigenvalue weighted by molar-refractivity contribution is 7.72. The van der Waals surface area contributed by atoms with Gasteiger partial charge < -0.3 is 14.1 Å². The van der Waals surface area contributed by atoms with Crippen molar-refractivity contribution >= 4 is 18.7 Å². The average Bonchev–Trinajstić information content (AvgIpc) is 3.00. The van der Waals surface area contributed by atoms with E-state index in [0.29, 0.717) is 0 Å². The van der Waals surface area contributed by atoms with Crippen LogP contribution in [0, 0.1) is 12.1 Å². The van der Waals surface area contributed by atoms with Gasteiger partial charge in [0.25, 0.3) is 0 Å². The number of aryl methyl sites for hydroxylation is 1. The van der Waals surface area contributed by atoms with E-state index in [4.69, 9.17) is 4.74 Å². The lowest BCUT2D eigenvalue weighted by atomic mass is 10.2. The maximum Gasteiger partial charge on any atom is 0.168 e. The lowest BCUT2D eigenvalue weighted by Crippen LogP contribution is -2.19. The third-order valence-corrected chi connectivity index (χ3v) is 8.23. The number of allylic oxidation sites excluding steroid dienone is 1. The fourth-order valence-corrected chi connectivity index (χ4v) is 6.31. The second-order valence-corrected chi connectivity index (χ2v) is 9.10. The van der Waals surface area contributed by atoms with Crippen molar-refractivity contribution in [1.82, 2.24) is 0 Å². The van der Waals surface area contributed by atoms with Crippen LogP contribution in [0.15, 0.2) is 60.4 Å². The number of methoxy groups -OCH3 is 1. The minimum Gasteiger partial charge on any atom is -0.497 e. The van der Waals surface area contributed by atoms with E-state index in [1.165, 1.54) is 5.56 Å².